The number of halogens is 1. The molecule has 2 atom stereocenters. The Balaban J connectivity index is 1.71. The van der Waals surface area contributed by atoms with Crippen LogP contribution in [0.3, 0.4) is 0 Å². The zero-order valence-corrected chi connectivity index (χ0v) is 19.0. The lowest BCUT2D eigenvalue weighted by molar-refractivity contribution is -0.140. The summed E-state index contributed by atoms with van der Waals surface area (Å²) in [6, 6.07) is 16.6. The maximum atomic E-state index is 11.3. The number of benzene rings is 2. The van der Waals surface area contributed by atoms with Gasteiger partial charge < -0.3 is 15.5 Å². The number of carboxylic acid groups (broad SMARTS) is 1. The molecule has 0 aromatic heterocycles. The van der Waals surface area contributed by atoms with Crippen LogP contribution < -0.4 is 10.7 Å². The third-order valence-electron chi connectivity index (χ3n) is 5.07. The molecule has 2 aliphatic heterocycles. The summed E-state index contributed by atoms with van der Waals surface area (Å²) in [5, 5.41) is 26.0. The largest absolute Gasteiger partial charge is 0.480 e. The Labute approximate surface area is 192 Å². The topological polar surface area (TPSA) is 116 Å². The SMILES string of the molecule is CC(O)C(N=c1cnc2c(Nc3cccc(-c4ccccc4)c3Br)[nH]n(C)c-2c1)C(=O)O. The Kier molecular flexibility index (Phi) is 6.11. The smallest absolute Gasteiger partial charge is 0.331 e. The molecule has 2 aromatic carbocycles. The lowest BCUT2D eigenvalue weighted by Crippen LogP contribution is -2.32. The molecule has 4 rings (SSSR count). The maximum absolute atomic E-state index is 11.3. The number of H-pyrrole nitrogens is 1. The molecule has 0 saturated carbocycles. The maximum Gasteiger partial charge on any atom is 0.331 e. The van der Waals surface area contributed by atoms with E-state index < -0.39 is 18.1 Å². The number of nitrogens with zero attached hydrogens (tertiary/aromatic N) is 3. The van der Waals surface area contributed by atoms with Crippen molar-refractivity contribution >= 4 is 33.4 Å². The van der Waals surface area contributed by atoms with Gasteiger partial charge in [0.25, 0.3) is 0 Å². The number of pyridine rings is 1. The van der Waals surface area contributed by atoms with Crippen LogP contribution in [0.4, 0.5) is 11.5 Å². The first-order valence-electron chi connectivity index (χ1n) is 9.95. The number of rotatable bonds is 6. The van der Waals surface area contributed by atoms with Crippen molar-refractivity contribution in [3.8, 4) is 22.5 Å². The van der Waals surface area contributed by atoms with E-state index in [1.807, 2.05) is 43.4 Å². The number of hydrogen-bond acceptors (Lipinski definition) is 5. The van der Waals surface area contributed by atoms with Crippen molar-refractivity contribution in [1.29, 1.82) is 0 Å². The first kappa shape index (κ1) is 21.8. The highest BCUT2D eigenvalue weighted by atomic mass is 79.9. The predicted octanol–water partition coefficient (Wildman–Crippen LogP) is 3.76. The van der Waals surface area contributed by atoms with Crippen LogP contribution in [0, 0.1) is 0 Å². The van der Waals surface area contributed by atoms with E-state index in [9.17, 15) is 15.0 Å². The van der Waals surface area contributed by atoms with Gasteiger partial charge in [-0.3, -0.25) is 14.8 Å². The van der Waals surface area contributed by atoms with E-state index in [0.717, 1.165) is 27.0 Å². The highest BCUT2D eigenvalue weighted by Crippen LogP contribution is 2.37. The van der Waals surface area contributed by atoms with Crippen molar-refractivity contribution in [1.82, 2.24) is 14.8 Å². The molecule has 164 valence electrons. The van der Waals surface area contributed by atoms with Crippen molar-refractivity contribution in [2.75, 3.05) is 5.32 Å². The zero-order valence-electron chi connectivity index (χ0n) is 17.5. The minimum Gasteiger partial charge on any atom is -0.480 e. The molecular weight excluding hydrogens is 474 g/mol. The molecule has 0 spiro atoms. The fraction of sp³-hybridized carbons (Fsp3) is 0.174. The van der Waals surface area contributed by atoms with Crippen molar-refractivity contribution in [3.63, 3.8) is 0 Å². The second kappa shape index (κ2) is 8.97. The van der Waals surface area contributed by atoms with Gasteiger partial charge in [-0.2, -0.15) is 0 Å². The van der Waals surface area contributed by atoms with Gasteiger partial charge in [0.2, 0.25) is 0 Å². The number of carbonyl (C=O) groups is 1. The summed E-state index contributed by atoms with van der Waals surface area (Å²) in [5.41, 5.74) is 4.43. The fourth-order valence-electron chi connectivity index (χ4n) is 3.46. The van der Waals surface area contributed by atoms with Crippen LogP contribution in [0.25, 0.3) is 22.5 Å². The summed E-state index contributed by atoms with van der Waals surface area (Å²) in [5.74, 6) is -0.505. The Bertz CT molecular complexity index is 1300. The van der Waals surface area contributed by atoms with Crippen molar-refractivity contribution in [2.24, 2.45) is 12.0 Å². The van der Waals surface area contributed by atoms with E-state index in [4.69, 9.17) is 0 Å². The fourth-order valence-corrected chi connectivity index (χ4v) is 4.06. The van der Waals surface area contributed by atoms with Gasteiger partial charge in [0.15, 0.2) is 11.9 Å². The molecule has 2 unspecified atom stereocenters. The van der Waals surface area contributed by atoms with Gasteiger partial charge in [-0.1, -0.05) is 42.5 Å². The van der Waals surface area contributed by atoms with Crippen molar-refractivity contribution in [3.05, 3.63) is 70.6 Å². The minimum atomic E-state index is -1.26. The van der Waals surface area contributed by atoms with Gasteiger partial charge in [0.1, 0.15) is 5.69 Å². The van der Waals surface area contributed by atoms with Gasteiger partial charge in [-0.25, -0.2) is 9.78 Å². The number of aromatic nitrogens is 3. The summed E-state index contributed by atoms with van der Waals surface area (Å²) < 4.78 is 2.70. The minimum absolute atomic E-state index is 0.374. The summed E-state index contributed by atoms with van der Waals surface area (Å²) >= 11 is 3.71. The molecule has 32 heavy (non-hydrogen) atoms. The molecule has 2 heterocycles. The van der Waals surface area contributed by atoms with E-state index in [1.54, 1.807) is 10.7 Å². The molecule has 2 aliphatic rings. The molecule has 8 nitrogen and oxygen atoms in total. The van der Waals surface area contributed by atoms with E-state index in [2.05, 4.69) is 48.5 Å². The van der Waals surface area contributed by atoms with Gasteiger partial charge >= 0.3 is 5.97 Å². The number of aromatic amines is 1. The number of aliphatic hydroxyl groups is 1. The van der Waals surface area contributed by atoms with Gasteiger partial charge in [-0.15, -0.1) is 0 Å². The highest BCUT2D eigenvalue weighted by molar-refractivity contribution is 9.10. The van der Waals surface area contributed by atoms with E-state index in [1.165, 1.54) is 13.1 Å². The molecule has 9 heteroatoms. The lowest BCUT2D eigenvalue weighted by atomic mass is 10.1. The predicted molar refractivity (Wildman–Crippen MR) is 126 cm³/mol. The number of nitrogens with one attached hydrogen (secondary N) is 2. The Morgan fingerprint density at radius 2 is 1.97 bits per heavy atom. The van der Waals surface area contributed by atoms with Crippen LogP contribution in [0.2, 0.25) is 0 Å². The standard InChI is InChI=1S/C23H22BrN5O3/c1-13(30)20(23(31)32)26-15-11-18-21(25-12-15)22(28-29(18)2)27-17-10-6-9-16(19(17)24)14-7-4-3-5-8-14/h3-13,20,27-28,30H,1-2H3,(H,31,32). The molecule has 4 N–H and O–H groups in total. The molecule has 0 bridgehead atoms. The summed E-state index contributed by atoms with van der Waals surface area (Å²) in [6.07, 6.45) is 0.379. The number of aliphatic hydroxyl groups excluding tert-OH is 1. The molecule has 0 saturated heterocycles. The molecule has 0 amide bonds. The molecule has 0 aliphatic carbocycles. The van der Waals surface area contributed by atoms with Gasteiger partial charge in [0.05, 0.1) is 29.0 Å². The zero-order chi connectivity index (χ0) is 22.8. The molecule has 0 radical (unpaired) electrons. The number of carboxylic acids is 1. The average Bonchev–Trinajstić information content (AvgIpc) is 3.08. The molecule has 2 aromatic rings. The second-order valence-electron chi connectivity index (χ2n) is 7.42. The van der Waals surface area contributed by atoms with Crippen LogP contribution in [0.1, 0.15) is 6.92 Å². The number of aryl methyl sites for hydroxylation is 1. The Morgan fingerprint density at radius 1 is 1.22 bits per heavy atom. The summed E-state index contributed by atoms with van der Waals surface area (Å²) in [6.45, 7) is 1.40. The van der Waals surface area contributed by atoms with E-state index >= 15 is 0 Å². The van der Waals surface area contributed by atoms with Crippen LogP contribution in [0.15, 0.2) is 70.3 Å². The van der Waals surface area contributed by atoms with Gasteiger partial charge in [0, 0.05) is 11.5 Å². The quantitative estimate of drug-likeness (QED) is 0.325. The Morgan fingerprint density at radius 3 is 2.66 bits per heavy atom. The Hall–Kier alpha value is -3.43. The van der Waals surface area contributed by atoms with Crippen molar-refractivity contribution in [2.45, 2.75) is 19.1 Å². The van der Waals surface area contributed by atoms with Crippen LogP contribution >= 0.6 is 15.9 Å². The van der Waals surface area contributed by atoms with E-state index in [0.29, 0.717) is 16.9 Å². The average molecular weight is 496 g/mol. The van der Waals surface area contributed by atoms with Crippen molar-refractivity contribution < 1.29 is 15.0 Å². The van der Waals surface area contributed by atoms with E-state index in [-0.39, 0.29) is 0 Å². The first-order chi connectivity index (χ1) is 15.3. The number of aliphatic carboxylic acids is 1. The third kappa shape index (κ3) is 4.30. The summed E-state index contributed by atoms with van der Waals surface area (Å²) in [4.78, 5) is 20.0. The van der Waals surface area contributed by atoms with Gasteiger partial charge in [-0.05, 0) is 46.1 Å². The normalized spacial score (nSPS) is 13.8. The first-order valence-corrected chi connectivity index (χ1v) is 10.7. The monoisotopic (exact) mass is 495 g/mol. The van der Waals surface area contributed by atoms with Crippen LogP contribution in [-0.2, 0) is 11.8 Å². The second-order valence-corrected chi connectivity index (χ2v) is 8.21. The van der Waals surface area contributed by atoms with Crippen LogP contribution in [-0.4, -0.2) is 43.1 Å². The molecule has 0 fully saturated rings. The lowest BCUT2D eigenvalue weighted by Gasteiger charge is -2.12. The summed E-state index contributed by atoms with van der Waals surface area (Å²) in [7, 11) is 1.83. The highest BCUT2D eigenvalue weighted by Gasteiger charge is 2.22. The number of hydrogen-bond donors (Lipinski definition) is 4. The van der Waals surface area contributed by atoms with Crippen LogP contribution in [0.5, 0.6) is 0 Å². The molecular formula is C23H22BrN5O3. The third-order valence-corrected chi connectivity index (χ3v) is 5.93. The number of fused-ring (bicyclic) bond motifs is 1. The number of anilines is 2.